The lowest BCUT2D eigenvalue weighted by Crippen LogP contribution is -2.29. The van der Waals surface area contributed by atoms with Crippen LogP contribution in [0.2, 0.25) is 0 Å². The highest BCUT2D eigenvalue weighted by atomic mass is 32.2. The Hall–Kier alpha value is -1.20. The average molecular weight is 379 g/mol. The van der Waals surface area contributed by atoms with Gasteiger partial charge in [-0.25, -0.2) is 10.1 Å². The van der Waals surface area contributed by atoms with Crippen LogP contribution >= 0.6 is 11.8 Å². The number of aliphatic hydroxyl groups is 1. The van der Waals surface area contributed by atoms with E-state index in [0.717, 1.165) is 17.2 Å². The molecule has 1 aromatic rings. The highest BCUT2D eigenvalue weighted by molar-refractivity contribution is 7.99. The SMILES string of the molecule is CC(C)(C)OC(=O)[N]CCC(O)c1cccc(SCC2CCCCC2)c1. The van der Waals surface area contributed by atoms with Crippen LogP contribution in [-0.2, 0) is 4.74 Å². The first-order valence-electron chi connectivity index (χ1n) is 9.65. The van der Waals surface area contributed by atoms with Crippen LogP contribution in [0.25, 0.3) is 0 Å². The summed E-state index contributed by atoms with van der Waals surface area (Å²) >= 11 is 1.88. The molecule has 1 fully saturated rings. The molecule has 0 aromatic heterocycles. The second-order valence-electron chi connectivity index (χ2n) is 8.05. The summed E-state index contributed by atoms with van der Waals surface area (Å²) in [5.41, 5.74) is 0.348. The first-order valence-corrected chi connectivity index (χ1v) is 10.6. The van der Waals surface area contributed by atoms with Crippen LogP contribution in [0.3, 0.4) is 0 Å². The lowest BCUT2D eigenvalue weighted by Gasteiger charge is -2.21. The largest absolute Gasteiger partial charge is 0.442 e. The van der Waals surface area contributed by atoms with Crippen molar-refractivity contribution in [1.82, 2.24) is 5.32 Å². The molecule has 1 radical (unpaired) electrons. The van der Waals surface area contributed by atoms with Gasteiger partial charge in [0.2, 0.25) is 0 Å². The predicted molar refractivity (Wildman–Crippen MR) is 107 cm³/mol. The molecule has 0 spiro atoms. The molecular formula is C21H32NO3S. The topological polar surface area (TPSA) is 60.6 Å². The van der Waals surface area contributed by atoms with E-state index in [-0.39, 0.29) is 6.54 Å². The van der Waals surface area contributed by atoms with Crippen LogP contribution in [0.1, 0.15) is 71.0 Å². The molecular weight excluding hydrogens is 346 g/mol. The summed E-state index contributed by atoms with van der Waals surface area (Å²) in [6, 6.07) is 8.09. The summed E-state index contributed by atoms with van der Waals surface area (Å²) in [6.07, 6.45) is 6.05. The third-order valence-electron chi connectivity index (χ3n) is 4.49. The van der Waals surface area contributed by atoms with Gasteiger partial charge in [-0.1, -0.05) is 31.4 Å². The van der Waals surface area contributed by atoms with Gasteiger partial charge in [0.05, 0.1) is 6.10 Å². The fourth-order valence-corrected chi connectivity index (χ4v) is 4.27. The molecule has 4 nitrogen and oxygen atoms in total. The fraction of sp³-hybridized carbons (Fsp3) is 0.667. The van der Waals surface area contributed by atoms with Gasteiger partial charge in [0.1, 0.15) is 5.60 Å². The molecule has 0 heterocycles. The zero-order chi connectivity index (χ0) is 19.0. The van der Waals surface area contributed by atoms with Crippen LogP contribution in [0.4, 0.5) is 4.79 Å². The highest BCUT2D eigenvalue weighted by Gasteiger charge is 2.18. The molecule has 1 N–H and O–H groups in total. The Bertz CT molecular complexity index is 565. The van der Waals surface area contributed by atoms with Crippen LogP contribution in [0, 0.1) is 5.92 Å². The van der Waals surface area contributed by atoms with E-state index in [2.05, 4.69) is 17.4 Å². The molecule has 0 bridgehead atoms. The molecule has 1 aliphatic rings. The molecule has 2 rings (SSSR count). The third-order valence-corrected chi connectivity index (χ3v) is 5.72. The molecule has 26 heavy (non-hydrogen) atoms. The zero-order valence-electron chi connectivity index (χ0n) is 16.2. The van der Waals surface area contributed by atoms with Crippen molar-refractivity contribution in [3.05, 3.63) is 29.8 Å². The molecule has 0 aliphatic heterocycles. The van der Waals surface area contributed by atoms with E-state index < -0.39 is 17.8 Å². The van der Waals surface area contributed by atoms with Gasteiger partial charge in [0.25, 0.3) is 0 Å². The molecule has 1 aromatic carbocycles. The first kappa shape index (κ1) is 21.1. The van der Waals surface area contributed by atoms with Crippen molar-refractivity contribution in [1.29, 1.82) is 0 Å². The number of hydrogen-bond acceptors (Lipinski definition) is 4. The Kier molecular flexibility index (Phi) is 8.29. The van der Waals surface area contributed by atoms with Crippen molar-refractivity contribution in [2.45, 2.75) is 75.9 Å². The van der Waals surface area contributed by atoms with E-state index in [9.17, 15) is 9.90 Å². The smallest absolute Gasteiger partial charge is 0.429 e. The molecule has 1 atom stereocenters. The third kappa shape index (κ3) is 8.00. The van der Waals surface area contributed by atoms with Gasteiger partial charge in [-0.05, 0) is 63.6 Å². The Balaban J connectivity index is 1.76. The van der Waals surface area contributed by atoms with Crippen molar-refractivity contribution in [2.24, 2.45) is 5.92 Å². The number of hydrogen-bond donors (Lipinski definition) is 1. The van der Waals surface area contributed by atoms with Crippen molar-refractivity contribution in [3.8, 4) is 0 Å². The van der Waals surface area contributed by atoms with E-state index in [1.807, 2.05) is 44.7 Å². The lowest BCUT2D eigenvalue weighted by atomic mass is 9.91. The van der Waals surface area contributed by atoms with Crippen LogP contribution in [0.15, 0.2) is 29.2 Å². The van der Waals surface area contributed by atoms with E-state index in [1.165, 1.54) is 37.0 Å². The number of carbonyl (C=O) groups is 1. The van der Waals surface area contributed by atoms with Gasteiger partial charge < -0.3 is 9.84 Å². The number of ether oxygens (including phenoxy) is 1. The minimum Gasteiger partial charge on any atom is -0.442 e. The number of thioether (sulfide) groups is 1. The summed E-state index contributed by atoms with van der Waals surface area (Å²) in [5.74, 6) is 1.99. The van der Waals surface area contributed by atoms with Crippen LogP contribution in [0.5, 0.6) is 0 Å². The van der Waals surface area contributed by atoms with Gasteiger partial charge in [-0.3, -0.25) is 0 Å². The second-order valence-corrected chi connectivity index (χ2v) is 9.15. The van der Waals surface area contributed by atoms with Gasteiger partial charge in [-0.15, -0.1) is 11.8 Å². The van der Waals surface area contributed by atoms with Crippen molar-refractivity contribution in [2.75, 3.05) is 12.3 Å². The lowest BCUT2D eigenvalue weighted by molar-refractivity contribution is 0.0510. The van der Waals surface area contributed by atoms with Crippen LogP contribution in [-0.4, -0.2) is 29.1 Å². The highest BCUT2D eigenvalue weighted by Crippen LogP contribution is 2.31. The average Bonchev–Trinajstić information content (AvgIpc) is 2.59. The van der Waals surface area contributed by atoms with Crippen molar-refractivity contribution >= 4 is 17.9 Å². The second kappa shape index (κ2) is 10.2. The molecule has 1 saturated carbocycles. The van der Waals surface area contributed by atoms with E-state index in [4.69, 9.17) is 4.74 Å². The molecule has 145 valence electrons. The Morgan fingerprint density at radius 1 is 1.31 bits per heavy atom. The monoisotopic (exact) mass is 378 g/mol. The summed E-state index contributed by atoms with van der Waals surface area (Å²) in [6.45, 7) is 5.69. The maximum Gasteiger partial charge on any atom is 0.429 e. The predicted octanol–water partition coefficient (Wildman–Crippen LogP) is 5.32. The summed E-state index contributed by atoms with van der Waals surface area (Å²) in [5, 5.41) is 14.3. The fourth-order valence-electron chi connectivity index (χ4n) is 3.12. The minimum atomic E-state index is -0.614. The number of aliphatic hydroxyl groups excluding tert-OH is 1. The molecule has 1 unspecified atom stereocenters. The standard InChI is InChI=1S/C21H32NO3S/c1-21(2,3)25-20(24)22-13-12-19(23)17-10-7-11-18(14-17)26-15-16-8-5-4-6-9-16/h7,10-11,14,16,19,23H,4-6,8-9,12-13,15H2,1-3H3. The molecule has 0 saturated heterocycles. The number of rotatable bonds is 7. The number of nitrogens with zero attached hydrogens (tertiary/aromatic N) is 1. The normalized spacial score (nSPS) is 16.9. The Morgan fingerprint density at radius 2 is 2.04 bits per heavy atom. The molecule has 5 heteroatoms. The van der Waals surface area contributed by atoms with Gasteiger partial charge in [0, 0.05) is 17.2 Å². The van der Waals surface area contributed by atoms with E-state index in [1.54, 1.807) is 0 Å². The molecule has 1 amide bonds. The first-order chi connectivity index (χ1) is 12.3. The Morgan fingerprint density at radius 3 is 2.73 bits per heavy atom. The number of benzene rings is 1. The van der Waals surface area contributed by atoms with Gasteiger partial charge in [0.15, 0.2) is 0 Å². The van der Waals surface area contributed by atoms with Gasteiger partial charge in [-0.2, -0.15) is 0 Å². The molecule has 1 aliphatic carbocycles. The van der Waals surface area contributed by atoms with Crippen molar-refractivity contribution in [3.63, 3.8) is 0 Å². The van der Waals surface area contributed by atoms with Crippen molar-refractivity contribution < 1.29 is 14.6 Å². The minimum absolute atomic E-state index is 0.259. The maximum atomic E-state index is 11.6. The van der Waals surface area contributed by atoms with E-state index >= 15 is 0 Å². The quantitative estimate of drug-likeness (QED) is 0.652. The van der Waals surface area contributed by atoms with E-state index in [0.29, 0.717) is 6.42 Å². The van der Waals surface area contributed by atoms with Crippen LogP contribution < -0.4 is 5.32 Å². The number of amides is 1. The zero-order valence-corrected chi connectivity index (χ0v) is 17.1. The summed E-state index contributed by atoms with van der Waals surface area (Å²) < 4.78 is 5.14. The summed E-state index contributed by atoms with van der Waals surface area (Å²) in [7, 11) is 0. The Labute approximate surface area is 162 Å². The number of carbonyl (C=O) groups excluding carboxylic acids is 1. The van der Waals surface area contributed by atoms with Gasteiger partial charge >= 0.3 is 6.09 Å². The maximum absolute atomic E-state index is 11.6. The summed E-state index contributed by atoms with van der Waals surface area (Å²) in [4.78, 5) is 12.8.